The molecule has 0 aromatic carbocycles. The maximum Gasteiger partial charge on any atom is 0.272 e. The fraction of sp³-hybridized carbons (Fsp3) is 0.250. The van der Waals surface area contributed by atoms with Crippen LogP contribution in [0.15, 0.2) is 47.2 Å². The van der Waals surface area contributed by atoms with Crippen LogP contribution in [0.2, 0.25) is 5.02 Å². The van der Waals surface area contributed by atoms with E-state index in [1.165, 1.54) is 6.20 Å². The van der Waals surface area contributed by atoms with Crippen molar-refractivity contribution in [2.24, 2.45) is 12.0 Å². The highest BCUT2D eigenvalue weighted by Crippen LogP contribution is 2.34. The molecule has 0 atom stereocenters. The number of hydrogen-bond donors (Lipinski definition) is 3. The second kappa shape index (κ2) is 9.88. The third-order valence-corrected chi connectivity index (χ3v) is 6.33. The summed E-state index contributed by atoms with van der Waals surface area (Å²) < 4.78 is 7.68. The lowest BCUT2D eigenvalue weighted by atomic mass is 10.1. The number of carbonyl (C=O) groups is 1. The molecule has 36 heavy (non-hydrogen) atoms. The van der Waals surface area contributed by atoms with Gasteiger partial charge in [0.15, 0.2) is 17.1 Å². The lowest BCUT2D eigenvalue weighted by Crippen LogP contribution is -2.77. The Hall–Kier alpha value is -4.09. The molecule has 0 bridgehead atoms. The molecule has 12 heteroatoms. The number of quaternary nitrogens is 1. The molecule has 1 saturated heterocycles. The number of likely N-dealkylation sites (tertiary alicyclic amines) is 1. The fourth-order valence-corrected chi connectivity index (χ4v) is 4.15. The van der Waals surface area contributed by atoms with E-state index in [1.807, 2.05) is 20.0 Å². The third-order valence-electron chi connectivity index (χ3n) is 5.96. The van der Waals surface area contributed by atoms with Gasteiger partial charge in [0.2, 0.25) is 11.7 Å². The van der Waals surface area contributed by atoms with Crippen molar-refractivity contribution >= 4 is 52.7 Å². The van der Waals surface area contributed by atoms with Crippen LogP contribution in [0, 0.1) is 5.41 Å². The van der Waals surface area contributed by atoms with Crippen LogP contribution in [-0.4, -0.2) is 55.8 Å². The van der Waals surface area contributed by atoms with E-state index in [9.17, 15) is 4.79 Å². The van der Waals surface area contributed by atoms with Gasteiger partial charge in [0.05, 0.1) is 24.8 Å². The maximum atomic E-state index is 12.8. The number of fused-ring (bicyclic) bond motifs is 1. The number of aryl methyl sites for hydroxylation is 2. The van der Waals surface area contributed by atoms with Gasteiger partial charge in [-0.3, -0.25) is 15.1 Å². The smallest absolute Gasteiger partial charge is 0.272 e. The van der Waals surface area contributed by atoms with Gasteiger partial charge in [0.25, 0.3) is 5.91 Å². The number of imidazole rings is 1. The molecule has 3 aromatic heterocycles. The molecule has 0 radical (unpaired) electrons. The van der Waals surface area contributed by atoms with E-state index >= 15 is 0 Å². The molecule has 0 spiro atoms. The first-order valence-electron chi connectivity index (χ1n) is 11.5. The minimum Gasteiger partial charge on any atom is -0.446 e. The monoisotopic (exact) mass is 506 g/mol. The largest absolute Gasteiger partial charge is 0.446 e. The Labute approximate surface area is 212 Å². The molecule has 0 saturated carbocycles. The Bertz CT molecular complexity index is 1450. The van der Waals surface area contributed by atoms with Crippen molar-refractivity contribution in [1.29, 1.82) is 5.41 Å². The Morgan fingerprint density at radius 2 is 2.17 bits per heavy atom. The molecule has 0 unspecified atom stereocenters. The summed E-state index contributed by atoms with van der Waals surface area (Å²) >= 11 is 6.71. The average molecular weight is 507 g/mol. The standard InChI is InChI=1S/C24H24ClN9O2/c1-3-14-9-15(10-16(30-14)23(35)34-7-4-8-34)31-24-32-22-21(33(24)2)20(25)19(13-29-22)36-18(11-26)17-12-27-5-6-28-17/h5-6,9-13,26,28H,3-4,7-8H2,1-2H3,(H,29,30,31,32)/p+1/b18-17+,26-11?. The zero-order chi connectivity index (χ0) is 25.2. The molecule has 0 aliphatic carbocycles. The minimum atomic E-state index is -0.0667. The van der Waals surface area contributed by atoms with Crippen molar-refractivity contribution in [1.82, 2.24) is 24.4 Å². The highest BCUT2D eigenvalue weighted by Gasteiger charge is 2.24. The molecule has 1 fully saturated rings. The van der Waals surface area contributed by atoms with Crippen LogP contribution in [0.1, 0.15) is 29.5 Å². The van der Waals surface area contributed by atoms with Gasteiger partial charge >= 0.3 is 0 Å². The SMILES string of the molecule is CCc1cc(Nc2nc3ncc(O/C(C=N)=C4\C=NC=C[NH2+]4)c(Cl)c3n2C)cc(C(=O)N2CCC2)n1. The summed E-state index contributed by atoms with van der Waals surface area (Å²) in [5.74, 6) is 1.01. The number of anilines is 2. The third kappa shape index (κ3) is 4.45. The summed E-state index contributed by atoms with van der Waals surface area (Å²) in [6.07, 6.45) is 9.29. The first-order valence-corrected chi connectivity index (χ1v) is 11.9. The summed E-state index contributed by atoms with van der Waals surface area (Å²) in [4.78, 5) is 32.1. The van der Waals surface area contributed by atoms with Gasteiger partial charge < -0.3 is 24.9 Å². The van der Waals surface area contributed by atoms with Gasteiger partial charge in [0, 0.05) is 31.5 Å². The molecule has 5 rings (SSSR count). The van der Waals surface area contributed by atoms with E-state index in [0.717, 1.165) is 31.4 Å². The molecular weight excluding hydrogens is 482 g/mol. The van der Waals surface area contributed by atoms with Crippen molar-refractivity contribution < 1.29 is 14.8 Å². The molecule has 3 aromatic rings. The van der Waals surface area contributed by atoms with E-state index in [-0.39, 0.29) is 11.7 Å². The van der Waals surface area contributed by atoms with Crippen LogP contribution in [0.25, 0.3) is 11.2 Å². The predicted molar refractivity (Wildman–Crippen MR) is 137 cm³/mol. The van der Waals surface area contributed by atoms with Gasteiger partial charge in [0.1, 0.15) is 22.4 Å². The minimum absolute atomic E-state index is 0.0667. The molecule has 2 aliphatic rings. The van der Waals surface area contributed by atoms with E-state index in [4.69, 9.17) is 21.7 Å². The van der Waals surface area contributed by atoms with Crippen molar-refractivity contribution in [2.45, 2.75) is 19.8 Å². The highest BCUT2D eigenvalue weighted by molar-refractivity contribution is 6.36. The topological polar surface area (TPSA) is 138 Å². The number of amides is 1. The first-order chi connectivity index (χ1) is 17.5. The van der Waals surface area contributed by atoms with E-state index < -0.39 is 0 Å². The zero-order valence-electron chi connectivity index (χ0n) is 19.8. The quantitative estimate of drug-likeness (QED) is 0.332. The highest BCUT2D eigenvalue weighted by atomic mass is 35.5. The number of nitrogens with one attached hydrogen (secondary N) is 2. The second-order valence-corrected chi connectivity index (χ2v) is 8.69. The number of nitrogens with two attached hydrogens (primary N) is 1. The number of carbonyl (C=O) groups excluding carboxylic acids is 1. The van der Waals surface area contributed by atoms with Gasteiger partial charge in [-0.05, 0) is 25.0 Å². The van der Waals surface area contributed by atoms with Crippen LogP contribution >= 0.6 is 11.6 Å². The number of allylic oxidation sites excluding steroid dienone is 2. The Balaban J connectivity index is 1.46. The van der Waals surface area contributed by atoms with E-state index in [1.54, 1.807) is 39.5 Å². The fourth-order valence-electron chi connectivity index (χ4n) is 3.86. The lowest BCUT2D eigenvalue weighted by molar-refractivity contribution is -0.528. The maximum absolute atomic E-state index is 12.8. The number of pyridine rings is 2. The molecular formula is C24H25ClN9O2+. The molecule has 4 N–H and O–H groups in total. The summed E-state index contributed by atoms with van der Waals surface area (Å²) in [6, 6.07) is 3.64. The summed E-state index contributed by atoms with van der Waals surface area (Å²) in [6.45, 7) is 3.52. The van der Waals surface area contributed by atoms with Crippen LogP contribution < -0.4 is 15.4 Å². The van der Waals surface area contributed by atoms with Crippen molar-refractivity contribution in [2.75, 3.05) is 18.4 Å². The van der Waals surface area contributed by atoms with Crippen LogP contribution in [-0.2, 0) is 13.5 Å². The molecule has 184 valence electrons. The number of nitrogens with zero attached hydrogens (tertiary/aromatic N) is 6. The number of hydrogen-bond acceptors (Lipinski definition) is 8. The summed E-state index contributed by atoms with van der Waals surface area (Å²) in [5.41, 5.74) is 3.55. The number of aromatic nitrogens is 4. The Morgan fingerprint density at radius 1 is 1.33 bits per heavy atom. The van der Waals surface area contributed by atoms with Crippen molar-refractivity contribution in [3.05, 3.63) is 58.6 Å². The van der Waals surface area contributed by atoms with E-state index in [0.29, 0.717) is 51.4 Å². The zero-order valence-corrected chi connectivity index (χ0v) is 20.6. The van der Waals surface area contributed by atoms with Crippen LogP contribution in [0.4, 0.5) is 11.6 Å². The van der Waals surface area contributed by atoms with Gasteiger partial charge in [-0.2, -0.15) is 4.98 Å². The Kier molecular flexibility index (Phi) is 6.49. The van der Waals surface area contributed by atoms with Gasteiger partial charge in [-0.15, -0.1) is 0 Å². The summed E-state index contributed by atoms with van der Waals surface area (Å²) in [7, 11) is 1.81. The summed E-state index contributed by atoms with van der Waals surface area (Å²) in [5, 5.41) is 13.1. The Morgan fingerprint density at radius 3 is 2.83 bits per heavy atom. The molecule has 1 amide bonds. The van der Waals surface area contributed by atoms with Crippen molar-refractivity contribution in [3.8, 4) is 5.75 Å². The molecule has 2 aliphatic heterocycles. The number of aliphatic imine (C=N–C) groups is 1. The van der Waals surface area contributed by atoms with Gasteiger partial charge in [-0.25, -0.2) is 9.97 Å². The van der Waals surface area contributed by atoms with Crippen LogP contribution in [0.3, 0.4) is 0 Å². The molecule has 11 nitrogen and oxygen atoms in total. The second-order valence-electron chi connectivity index (χ2n) is 8.31. The lowest BCUT2D eigenvalue weighted by Gasteiger charge is -2.30. The number of ether oxygens (including phenoxy) is 1. The first kappa shape index (κ1) is 23.6. The predicted octanol–water partition coefficient (Wildman–Crippen LogP) is 2.53. The normalized spacial score (nSPS) is 16.1. The van der Waals surface area contributed by atoms with Gasteiger partial charge in [-0.1, -0.05) is 18.5 Å². The van der Waals surface area contributed by atoms with Crippen molar-refractivity contribution in [3.63, 3.8) is 0 Å². The number of rotatable bonds is 7. The molecule has 5 heterocycles. The van der Waals surface area contributed by atoms with Crippen LogP contribution in [0.5, 0.6) is 5.75 Å². The number of halogens is 1. The van der Waals surface area contributed by atoms with E-state index in [2.05, 4.69) is 25.3 Å². The average Bonchev–Trinajstić information content (AvgIpc) is 3.18.